The van der Waals surface area contributed by atoms with Gasteiger partial charge in [0.05, 0.1) is 6.61 Å². The maximum Gasteiger partial charge on any atom is 0.135 e. The molecule has 0 saturated heterocycles. The number of ether oxygens (including phenoxy) is 1. The summed E-state index contributed by atoms with van der Waals surface area (Å²) in [7, 11) is 0. The number of allylic oxidation sites excluding steroid dienone is 1. The van der Waals surface area contributed by atoms with Crippen molar-refractivity contribution in [1.82, 2.24) is 0 Å². The van der Waals surface area contributed by atoms with Gasteiger partial charge >= 0.3 is 0 Å². The molecule has 13 heavy (non-hydrogen) atoms. The summed E-state index contributed by atoms with van der Waals surface area (Å²) in [6, 6.07) is 0. The largest absolute Gasteiger partial charge is 0.381 e. The highest BCUT2D eigenvalue weighted by Crippen LogP contribution is 1.99. The van der Waals surface area contributed by atoms with Gasteiger partial charge in [-0.15, -0.1) is 6.58 Å². The van der Waals surface area contributed by atoms with E-state index in [-0.39, 0.29) is 0 Å². The summed E-state index contributed by atoms with van der Waals surface area (Å²) in [5.74, 6) is 0.304. The van der Waals surface area contributed by atoms with Crippen LogP contribution in [0.5, 0.6) is 0 Å². The van der Waals surface area contributed by atoms with Gasteiger partial charge in [-0.2, -0.15) is 0 Å². The van der Waals surface area contributed by atoms with Gasteiger partial charge in [-0.05, 0) is 19.3 Å². The number of carbonyl (C=O) groups is 1. The van der Waals surface area contributed by atoms with Crippen LogP contribution >= 0.6 is 0 Å². The van der Waals surface area contributed by atoms with E-state index in [4.69, 9.17) is 4.74 Å². The van der Waals surface area contributed by atoms with Crippen molar-refractivity contribution >= 4 is 5.78 Å². The summed E-state index contributed by atoms with van der Waals surface area (Å²) in [5, 5.41) is 0. The molecule has 2 nitrogen and oxygen atoms in total. The van der Waals surface area contributed by atoms with Crippen molar-refractivity contribution in [2.75, 3.05) is 13.2 Å². The highest BCUT2D eigenvalue weighted by molar-refractivity contribution is 5.78. The van der Waals surface area contributed by atoms with E-state index in [9.17, 15) is 4.79 Å². The van der Waals surface area contributed by atoms with Gasteiger partial charge in [0.15, 0.2) is 0 Å². The van der Waals surface area contributed by atoms with Crippen LogP contribution in [0.1, 0.15) is 39.0 Å². The highest BCUT2D eigenvalue weighted by atomic mass is 16.5. The Morgan fingerprint density at radius 2 is 2.15 bits per heavy atom. The van der Waals surface area contributed by atoms with Crippen molar-refractivity contribution in [3.8, 4) is 0 Å². The predicted octanol–water partition coefficient (Wildman–Crippen LogP) is 2.73. The molecule has 0 saturated carbocycles. The zero-order chi connectivity index (χ0) is 9.94. The number of rotatable bonds is 9. The molecule has 0 aromatic carbocycles. The summed E-state index contributed by atoms with van der Waals surface area (Å²) in [4.78, 5) is 11.2. The third-order valence-corrected chi connectivity index (χ3v) is 1.74. The van der Waals surface area contributed by atoms with Crippen molar-refractivity contribution in [2.24, 2.45) is 0 Å². The minimum Gasteiger partial charge on any atom is -0.381 e. The SMILES string of the molecule is C=CCCCC(=O)CCOCCC. The van der Waals surface area contributed by atoms with Crippen LogP contribution in [-0.4, -0.2) is 19.0 Å². The molecule has 0 fully saturated rings. The normalized spacial score (nSPS) is 9.92. The Kier molecular flexibility index (Phi) is 9.00. The van der Waals surface area contributed by atoms with Crippen LogP contribution in [0.3, 0.4) is 0 Å². The molecule has 0 radical (unpaired) electrons. The van der Waals surface area contributed by atoms with E-state index in [0.717, 1.165) is 25.9 Å². The summed E-state index contributed by atoms with van der Waals surface area (Å²) >= 11 is 0. The second-order valence-electron chi connectivity index (χ2n) is 3.08. The summed E-state index contributed by atoms with van der Waals surface area (Å²) in [6.45, 7) is 7.02. The lowest BCUT2D eigenvalue weighted by molar-refractivity contribution is -0.120. The minimum atomic E-state index is 0.304. The van der Waals surface area contributed by atoms with E-state index in [1.165, 1.54) is 0 Å². The van der Waals surface area contributed by atoms with Gasteiger partial charge in [0.1, 0.15) is 5.78 Å². The molecule has 0 unspecified atom stereocenters. The van der Waals surface area contributed by atoms with Gasteiger partial charge in [-0.3, -0.25) is 4.79 Å². The first-order chi connectivity index (χ1) is 6.31. The van der Waals surface area contributed by atoms with Crippen molar-refractivity contribution in [3.63, 3.8) is 0 Å². The van der Waals surface area contributed by atoms with Crippen molar-refractivity contribution in [3.05, 3.63) is 12.7 Å². The van der Waals surface area contributed by atoms with Crippen LogP contribution in [0.2, 0.25) is 0 Å². The first-order valence-corrected chi connectivity index (χ1v) is 5.01. The Morgan fingerprint density at radius 3 is 2.77 bits per heavy atom. The predicted molar refractivity (Wildman–Crippen MR) is 54.8 cm³/mol. The third kappa shape index (κ3) is 9.28. The molecule has 0 aromatic rings. The second kappa shape index (κ2) is 9.46. The lowest BCUT2D eigenvalue weighted by atomic mass is 10.1. The van der Waals surface area contributed by atoms with Gasteiger partial charge in [0.25, 0.3) is 0 Å². The molecular weight excluding hydrogens is 164 g/mol. The zero-order valence-corrected chi connectivity index (χ0v) is 8.55. The Hall–Kier alpha value is -0.630. The summed E-state index contributed by atoms with van der Waals surface area (Å²) in [6.07, 6.45) is 5.96. The van der Waals surface area contributed by atoms with Crippen molar-refractivity contribution in [1.29, 1.82) is 0 Å². The van der Waals surface area contributed by atoms with Crippen LogP contribution < -0.4 is 0 Å². The van der Waals surface area contributed by atoms with Crippen LogP contribution in [0.25, 0.3) is 0 Å². The molecular formula is C11H20O2. The van der Waals surface area contributed by atoms with Gasteiger partial charge in [0, 0.05) is 19.4 Å². The standard InChI is InChI=1S/C11H20O2/c1-3-5-6-7-11(12)8-10-13-9-4-2/h3H,1,4-10H2,2H3. The lowest BCUT2D eigenvalue weighted by Crippen LogP contribution is -2.04. The van der Waals surface area contributed by atoms with Gasteiger partial charge in [-0.1, -0.05) is 13.0 Å². The number of hydrogen-bond acceptors (Lipinski definition) is 2. The molecule has 76 valence electrons. The highest BCUT2D eigenvalue weighted by Gasteiger charge is 2.00. The first kappa shape index (κ1) is 12.4. The van der Waals surface area contributed by atoms with Crippen LogP contribution in [0.15, 0.2) is 12.7 Å². The molecule has 0 amide bonds. The quantitative estimate of drug-likeness (QED) is 0.407. The molecule has 0 heterocycles. The molecule has 0 aromatic heterocycles. The Labute approximate surface area is 81.0 Å². The Morgan fingerprint density at radius 1 is 1.38 bits per heavy atom. The maximum atomic E-state index is 11.2. The number of ketones is 1. The van der Waals surface area contributed by atoms with Crippen LogP contribution in [0.4, 0.5) is 0 Å². The maximum absolute atomic E-state index is 11.2. The molecule has 0 atom stereocenters. The molecule has 0 aliphatic carbocycles. The van der Waals surface area contributed by atoms with E-state index in [2.05, 4.69) is 13.5 Å². The summed E-state index contributed by atoms with van der Waals surface area (Å²) in [5.41, 5.74) is 0. The fourth-order valence-corrected chi connectivity index (χ4v) is 1.00. The Bertz CT molecular complexity index is 141. The number of carbonyl (C=O) groups excluding carboxylic acids is 1. The molecule has 0 rings (SSSR count). The smallest absolute Gasteiger partial charge is 0.135 e. The zero-order valence-electron chi connectivity index (χ0n) is 8.55. The lowest BCUT2D eigenvalue weighted by Gasteiger charge is -2.01. The van der Waals surface area contributed by atoms with Crippen molar-refractivity contribution < 1.29 is 9.53 Å². The van der Waals surface area contributed by atoms with Crippen LogP contribution in [-0.2, 0) is 9.53 Å². The minimum absolute atomic E-state index is 0.304. The van der Waals surface area contributed by atoms with Gasteiger partial charge in [-0.25, -0.2) is 0 Å². The monoisotopic (exact) mass is 184 g/mol. The molecule has 0 aliphatic rings. The van der Waals surface area contributed by atoms with E-state index in [1.807, 2.05) is 6.08 Å². The fraction of sp³-hybridized carbons (Fsp3) is 0.727. The molecule has 0 spiro atoms. The van der Waals surface area contributed by atoms with Crippen molar-refractivity contribution in [2.45, 2.75) is 39.0 Å². The Balaban J connectivity index is 3.15. The molecule has 0 bridgehead atoms. The number of unbranched alkanes of at least 4 members (excludes halogenated alkanes) is 1. The second-order valence-corrected chi connectivity index (χ2v) is 3.08. The number of Topliss-reactive ketones (excluding diaryl/α,β-unsaturated/α-hetero) is 1. The van der Waals surface area contributed by atoms with E-state index >= 15 is 0 Å². The van der Waals surface area contributed by atoms with E-state index in [0.29, 0.717) is 25.2 Å². The number of hydrogen-bond donors (Lipinski definition) is 0. The first-order valence-electron chi connectivity index (χ1n) is 5.01. The topological polar surface area (TPSA) is 26.3 Å². The average molecular weight is 184 g/mol. The fourth-order valence-electron chi connectivity index (χ4n) is 1.00. The van der Waals surface area contributed by atoms with Gasteiger partial charge < -0.3 is 4.74 Å². The van der Waals surface area contributed by atoms with E-state index in [1.54, 1.807) is 0 Å². The average Bonchev–Trinajstić information content (AvgIpc) is 2.13. The molecule has 2 heteroatoms. The molecule has 0 N–H and O–H groups in total. The molecule has 0 aliphatic heterocycles. The third-order valence-electron chi connectivity index (χ3n) is 1.74. The summed E-state index contributed by atoms with van der Waals surface area (Å²) < 4.78 is 5.22. The van der Waals surface area contributed by atoms with Crippen LogP contribution in [0, 0.1) is 0 Å². The van der Waals surface area contributed by atoms with Gasteiger partial charge in [0.2, 0.25) is 0 Å². The van der Waals surface area contributed by atoms with E-state index < -0.39 is 0 Å².